The topological polar surface area (TPSA) is 73.4 Å². The molecule has 0 aliphatic heterocycles. The highest BCUT2D eigenvalue weighted by Crippen LogP contribution is 2.07. The van der Waals surface area contributed by atoms with Gasteiger partial charge in [-0.05, 0) is 0 Å². The van der Waals surface area contributed by atoms with Crippen molar-refractivity contribution in [3.05, 3.63) is 24.3 Å². The molecule has 1 aromatic rings. The quantitative estimate of drug-likeness (QED) is 0.578. The Morgan fingerprint density at radius 1 is 1.27 bits per heavy atom. The number of nitrogens with zero attached hydrogens (tertiary/aromatic N) is 4. The first kappa shape index (κ1) is 7.17. The third-order valence-electron chi connectivity index (χ3n) is 1.14. The summed E-state index contributed by atoms with van der Waals surface area (Å²) in [6.07, 6.45) is 4.36. The second-order valence-corrected chi connectivity index (χ2v) is 1.82. The van der Waals surface area contributed by atoms with Crippen molar-refractivity contribution < 1.29 is 0 Å². The summed E-state index contributed by atoms with van der Waals surface area (Å²) in [6, 6.07) is 3.61. The highest BCUT2D eigenvalue weighted by molar-refractivity contribution is 5.21. The van der Waals surface area contributed by atoms with Crippen LogP contribution >= 0.6 is 0 Å². The lowest BCUT2D eigenvalue weighted by molar-refractivity contribution is 0.982. The first-order chi connectivity index (χ1) is 5.38. The number of rotatable bonds is 1. The predicted octanol–water partition coefficient (Wildman–Crippen LogP) is 0.607. The minimum atomic E-state index is -0.802. The molecule has 52 valence electrons. The number of nitriles is 2. The molecule has 11 heavy (non-hydrogen) atoms. The van der Waals surface area contributed by atoms with Crippen LogP contribution in [0.15, 0.2) is 18.6 Å². The standard InChI is InChI=1S/C7H4N4/c8-3-6(4-9)7-5-10-1-2-11-7/h1-2,5-6H. The molecule has 0 radical (unpaired) electrons. The summed E-state index contributed by atoms with van der Waals surface area (Å²) >= 11 is 0. The second kappa shape index (κ2) is 3.28. The maximum Gasteiger partial charge on any atom is 0.176 e. The minimum absolute atomic E-state index is 0.400. The molecule has 0 atom stereocenters. The minimum Gasteiger partial charge on any atom is -0.261 e. The molecule has 0 amide bonds. The van der Waals surface area contributed by atoms with Crippen LogP contribution < -0.4 is 0 Å². The van der Waals surface area contributed by atoms with E-state index in [0.29, 0.717) is 5.69 Å². The monoisotopic (exact) mass is 144 g/mol. The molecule has 4 nitrogen and oxygen atoms in total. The van der Waals surface area contributed by atoms with Crippen LogP contribution in [0.4, 0.5) is 0 Å². The molecule has 0 spiro atoms. The van der Waals surface area contributed by atoms with Gasteiger partial charge in [-0.15, -0.1) is 0 Å². The van der Waals surface area contributed by atoms with Gasteiger partial charge in [0.15, 0.2) is 5.92 Å². The Hall–Kier alpha value is -1.94. The Bertz CT molecular complexity index is 291. The first-order valence-corrected chi connectivity index (χ1v) is 2.93. The highest BCUT2D eigenvalue weighted by atomic mass is 14.8. The molecule has 1 rings (SSSR count). The molecule has 0 saturated heterocycles. The Balaban J connectivity index is 2.96. The van der Waals surface area contributed by atoms with Gasteiger partial charge in [0.1, 0.15) is 0 Å². The Kier molecular flexibility index (Phi) is 2.14. The van der Waals surface area contributed by atoms with Gasteiger partial charge in [-0.2, -0.15) is 10.5 Å². The zero-order valence-electron chi connectivity index (χ0n) is 5.60. The molecule has 4 heteroatoms. The van der Waals surface area contributed by atoms with Crippen LogP contribution in [0.25, 0.3) is 0 Å². The largest absolute Gasteiger partial charge is 0.261 e. The predicted molar refractivity (Wildman–Crippen MR) is 36.0 cm³/mol. The summed E-state index contributed by atoms with van der Waals surface area (Å²) in [5.74, 6) is -0.802. The number of hydrogen-bond donors (Lipinski definition) is 0. The van der Waals surface area contributed by atoms with Crippen LogP contribution in [0.1, 0.15) is 11.6 Å². The summed E-state index contributed by atoms with van der Waals surface area (Å²) in [5, 5.41) is 16.9. The van der Waals surface area contributed by atoms with Gasteiger partial charge >= 0.3 is 0 Å². The van der Waals surface area contributed by atoms with E-state index in [0.717, 1.165) is 0 Å². The van der Waals surface area contributed by atoms with Gasteiger partial charge < -0.3 is 0 Å². The van der Waals surface area contributed by atoms with E-state index >= 15 is 0 Å². The molecule has 0 aromatic carbocycles. The molecule has 0 bridgehead atoms. The lowest BCUT2D eigenvalue weighted by Crippen LogP contribution is -1.95. The Morgan fingerprint density at radius 3 is 2.45 bits per heavy atom. The summed E-state index contributed by atoms with van der Waals surface area (Å²) < 4.78 is 0. The molecular weight excluding hydrogens is 140 g/mol. The van der Waals surface area contributed by atoms with Crippen LogP contribution in [0.5, 0.6) is 0 Å². The molecule has 1 aromatic heterocycles. The third-order valence-corrected chi connectivity index (χ3v) is 1.14. The first-order valence-electron chi connectivity index (χ1n) is 2.93. The van der Waals surface area contributed by atoms with Crippen molar-refractivity contribution in [3.63, 3.8) is 0 Å². The van der Waals surface area contributed by atoms with E-state index in [-0.39, 0.29) is 0 Å². The lowest BCUT2D eigenvalue weighted by atomic mass is 10.1. The van der Waals surface area contributed by atoms with E-state index in [1.165, 1.54) is 18.6 Å². The number of hydrogen-bond acceptors (Lipinski definition) is 4. The fourth-order valence-corrected chi connectivity index (χ4v) is 0.621. The average molecular weight is 144 g/mol. The van der Waals surface area contributed by atoms with Crippen LogP contribution in [-0.4, -0.2) is 9.97 Å². The van der Waals surface area contributed by atoms with E-state index < -0.39 is 5.92 Å². The number of aromatic nitrogens is 2. The van der Waals surface area contributed by atoms with Gasteiger partial charge in [-0.1, -0.05) is 0 Å². The fraction of sp³-hybridized carbons (Fsp3) is 0.143. The lowest BCUT2D eigenvalue weighted by Gasteiger charge is -1.94. The summed E-state index contributed by atoms with van der Waals surface area (Å²) in [4.78, 5) is 7.55. The van der Waals surface area contributed by atoms with E-state index in [1.54, 1.807) is 12.1 Å². The normalized spacial score (nSPS) is 8.64. The van der Waals surface area contributed by atoms with E-state index in [4.69, 9.17) is 10.5 Å². The maximum atomic E-state index is 8.44. The van der Waals surface area contributed by atoms with Crippen molar-refractivity contribution >= 4 is 0 Å². The zero-order chi connectivity index (χ0) is 8.10. The molecular formula is C7H4N4. The zero-order valence-corrected chi connectivity index (χ0v) is 5.60. The summed E-state index contributed by atoms with van der Waals surface area (Å²) in [6.45, 7) is 0. The van der Waals surface area contributed by atoms with Crippen molar-refractivity contribution in [2.24, 2.45) is 0 Å². The van der Waals surface area contributed by atoms with Crippen LogP contribution in [-0.2, 0) is 0 Å². The second-order valence-electron chi connectivity index (χ2n) is 1.82. The van der Waals surface area contributed by atoms with Gasteiger partial charge in [0, 0.05) is 12.4 Å². The molecule has 0 aliphatic rings. The van der Waals surface area contributed by atoms with Gasteiger partial charge in [0.2, 0.25) is 0 Å². The van der Waals surface area contributed by atoms with E-state index in [1.807, 2.05) is 0 Å². The van der Waals surface area contributed by atoms with Crippen molar-refractivity contribution in [1.82, 2.24) is 9.97 Å². The Morgan fingerprint density at radius 2 is 2.00 bits per heavy atom. The van der Waals surface area contributed by atoms with Gasteiger partial charge in [0.05, 0.1) is 24.0 Å². The van der Waals surface area contributed by atoms with Gasteiger partial charge in [-0.25, -0.2) is 0 Å². The summed E-state index contributed by atoms with van der Waals surface area (Å²) in [7, 11) is 0. The SMILES string of the molecule is N#CC(C#N)c1cnccn1. The molecule has 0 saturated carbocycles. The fourth-order valence-electron chi connectivity index (χ4n) is 0.621. The van der Waals surface area contributed by atoms with Crippen LogP contribution in [0.3, 0.4) is 0 Å². The van der Waals surface area contributed by atoms with E-state index in [9.17, 15) is 0 Å². The highest BCUT2D eigenvalue weighted by Gasteiger charge is 2.08. The molecule has 0 N–H and O–H groups in total. The maximum absolute atomic E-state index is 8.44. The smallest absolute Gasteiger partial charge is 0.176 e. The van der Waals surface area contributed by atoms with Crippen molar-refractivity contribution in [1.29, 1.82) is 10.5 Å². The van der Waals surface area contributed by atoms with Gasteiger partial charge in [-0.3, -0.25) is 9.97 Å². The Labute approximate surface area is 63.8 Å². The molecule has 0 unspecified atom stereocenters. The molecule has 0 fully saturated rings. The van der Waals surface area contributed by atoms with Crippen molar-refractivity contribution in [3.8, 4) is 12.1 Å². The van der Waals surface area contributed by atoms with Crippen molar-refractivity contribution in [2.45, 2.75) is 5.92 Å². The molecule has 0 aliphatic carbocycles. The van der Waals surface area contributed by atoms with Crippen LogP contribution in [0.2, 0.25) is 0 Å². The summed E-state index contributed by atoms with van der Waals surface area (Å²) in [5.41, 5.74) is 0.400. The average Bonchev–Trinajstić information content (AvgIpc) is 2.09. The van der Waals surface area contributed by atoms with Gasteiger partial charge in [0.25, 0.3) is 0 Å². The van der Waals surface area contributed by atoms with E-state index in [2.05, 4.69) is 9.97 Å². The van der Waals surface area contributed by atoms with Crippen LogP contribution in [0, 0.1) is 22.7 Å². The molecule has 1 heterocycles. The third kappa shape index (κ3) is 1.50. The van der Waals surface area contributed by atoms with Crippen molar-refractivity contribution in [2.75, 3.05) is 0 Å².